The Hall–Kier alpha value is -3.32. The first-order chi connectivity index (χ1) is 20.3. The Kier molecular flexibility index (Phi) is 4.34. The molecule has 0 saturated heterocycles. The number of nitrogen functional groups attached to an aromatic ring is 1. The van der Waals surface area contributed by atoms with Crippen molar-refractivity contribution < 1.29 is 9.60 Å². The molecule has 37 heavy (non-hydrogen) atoms. The summed E-state index contributed by atoms with van der Waals surface area (Å²) in [5, 5.41) is 0. The Morgan fingerprint density at radius 3 is 1.89 bits per heavy atom. The molecule has 4 aromatic rings. The van der Waals surface area contributed by atoms with Gasteiger partial charge in [0.1, 0.15) is 0 Å². The third-order valence-corrected chi connectivity index (χ3v) is 7.81. The minimum Gasteiger partial charge on any atom is -0.398 e. The van der Waals surface area contributed by atoms with Crippen LogP contribution in [0.2, 0.25) is 0 Å². The topological polar surface area (TPSA) is 26.0 Å². The second kappa shape index (κ2) is 8.91. The fraction of sp³-hybridized carbons (Fsp3) is 0.333. The van der Waals surface area contributed by atoms with Gasteiger partial charge in [-0.15, -0.1) is 0 Å². The van der Waals surface area contributed by atoms with Crippen LogP contribution in [0.1, 0.15) is 87.6 Å². The molecule has 0 fully saturated rings. The third kappa shape index (κ3) is 4.73. The van der Waals surface area contributed by atoms with E-state index in [4.69, 9.17) is 9.85 Å². The average molecular weight is 495 g/mol. The predicted octanol–water partition coefficient (Wildman–Crippen LogP) is 9.92. The molecule has 190 valence electrons. The molecule has 1 heteroatoms. The second-order valence-electron chi connectivity index (χ2n) is 12.6. The summed E-state index contributed by atoms with van der Waals surface area (Å²) in [6.45, 7) is 14.4. The molecule has 4 aromatic carbocycles. The number of benzene rings is 4. The summed E-state index contributed by atoms with van der Waals surface area (Å²) in [5.41, 5.74) is 10.4. The molecule has 0 atom stereocenters. The number of fused-ring (bicyclic) bond motifs is 1. The van der Waals surface area contributed by atoms with Crippen molar-refractivity contribution in [2.75, 3.05) is 5.73 Å². The number of nitrogens with two attached hydrogens (primary N) is 1. The number of rotatable bonds is 3. The lowest BCUT2D eigenvalue weighted by molar-refractivity contribution is 0.332. The fourth-order valence-corrected chi connectivity index (χ4v) is 5.16. The van der Waals surface area contributed by atoms with E-state index in [1.54, 1.807) is 12.1 Å². The maximum Gasteiger partial charge on any atom is 0.0636 e. The molecule has 0 radical (unpaired) electrons. The molecule has 0 heterocycles. The van der Waals surface area contributed by atoms with Gasteiger partial charge in [0.05, 0.1) is 9.60 Å². The molecule has 5 rings (SSSR count). The van der Waals surface area contributed by atoms with Crippen molar-refractivity contribution in [3.05, 3.63) is 101 Å². The molecule has 0 unspecified atom stereocenters. The largest absolute Gasteiger partial charge is 0.398 e. The first-order valence-electron chi connectivity index (χ1n) is 16.6. The van der Waals surface area contributed by atoms with Crippen LogP contribution >= 0.6 is 0 Å². The summed E-state index contributed by atoms with van der Waals surface area (Å²) < 4.78 is 63.5. The Bertz CT molecular complexity index is 1820. The van der Waals surface area contributed by atoms with Crippen molar-refractivity contribution in [1.29, 1.82) is 0 Å². The van der Waals surface area contributed by atoms with Crippen LogP contribution in [0.25, 0.3) is 33.4 Å². The van der Waals surface area contributed by atoms with E-state index in [0.717, 1.165) is 29.5 Å². The van der Waals surface area contributed by atoms with E-state index in [-0.39, 0.29) is 75.5 Å². The lowest BCUT2D eigenvalue weighted by Crippen LogP contribution is -2.33. The SMILES string of the molecule is [2H]c1c([2H])c(-c2ccccc2)c([2H])c(-c2cc(C(C)(C)C)cc(-c3c([2H])c([2H])c4c(c3[2H])C(C)(C)CCC4(C)C)c2N)c1[2H]. The van der Waals surface area contributed by atoms with Crippen molar-refractivity contribution in [3.63, 3.8) is 0 Å². The van der Waals surface area contributed by atoms with Crippen molar-refractivity contribution in [2.45, 2.75) is 77.6 Å². The molecular formula is C36H41N. The van der Waals surface area contributed by atoms with Crippen LogP contribution in [0.5, 0.6) is 0 Å². The van der Waals surface area contributed by atoms with Gasteiger partial charge < -0.3 is 5.73 Å². The second-order valence-corrected chi connectivity index (χ2v) is 12.6. The number of anilines is 1. The normalized spacial score (nSPS) is 18.9. The summed E-state index contributed by atoms with van der Waals surface area (Å²) in [6.07, 6.45) is 1.70. The van der Waals surface area contributed by atoms with Gasteiger partial charge in [-0.3, -0.25) is 0 Å². The zero-order chi connectivity index (χ0) is 32.7. The maximum absolute atomic E-state index is 9.54. The van der Waals surface area contributed by atoms with Crippen molar-refractivity contribution in [3.8, 4) is 33.4 Å². The Labute approximate surface area is 233 Å². The quantitative estimate of drug-likeness (QED) is 0.282. The van der Waals surface area contributed by atoms with Crippen LogP contribution in [0.4, 0.5) is 5.69 Å². The van der Waals surface area contributed by atoms with E-state index in [0.29, 0.717) is 16.7 Å². The van der Waals surface area contributed by atoms with E-state index in [9.17, 15) is 5.48 Å². The van der Waals surface area contributed by atoms with E-state index in [1.807, 2.05) is 51.1 Å². The van der Waals surface area contributed by atoms with Crippen molar-refractivity contribution >= 4 is 5.69 Å². The Balaban J connectivity index is 1.93. The van der Waals surface area contributed by atoms with E-state index in [1.165, 1.54) is 0 Å². The summed E-state index contributed by atoms with van der Waals surface area (Å²) in [4.78, 5) is 0. The van der Waals surface area contributed by atoms with Crippen LogP contribution in [-0.4, -0.2) is 0 Å². The first-order valence-corrected chi connectivity index (χ1v) is 13.1. The van der Waals surface area contributed by atoms with Gasteiger partial charge in [-0.2, -0.15) is 0 Å². The molecule has 0 saturated carbocycles. The first kappa shape index (κ1) is 18.0. The highest BCUT2D eigenvalue weighted by Gasteiger charge is 2.37. The monoisotopic (exact) mass is 494 g/mol. The summed E-state index contributed by atoms with van der Waals surface area (Å²) in [5.74, 6) is 0. The molecule has 0 bridgehead atoms. The van der Waals surface area contributed by atoms with Gasteiger partial charge in [-0.25, -0.2) is 0 Å². The maximum atomic E-state index is 9.54. The van der Waals surface area contributed by atoms with Crippen molar-refractivity contribution in [2.24, 2.45) is 0 Å². The Morgan fingerprint density at radius 2 is 1.27 bits per heavy atom. The van der Waals surface area contributed by atoms with Crippen LogP contribution in [-0.2, 0) is 16.2 Å². The highest BCUT2D eigenvalue weighted by atomic mass is 14.6. The Morgan fingerprint density at radius 1 is 0.703 bits per heavy atom. The number of hydrogen-bond acceptors (Lipinski definition) is 1. The smallest absolute Gasteiger partial charge is 0.0636 e. The van der Waals surface area contributed by atoms with Gasteiger partial charge >= 0.3 is 0 Å². The van der Waals surface area contributed by atoms with Gasteiger partial charge in [-0.1, -0.05) is 115 Å². The van der Waals surface area contributed by atoms with Gasteiger partial charge in [0, 0.05) is 16.8 Å². The van der Waals surface area contributed by atoms with Gasteiger partial charge in [-0.05, 0) is 86.2 Å². The highest BCUT2D eigenvalue weighted by molar-refractivity contribution is 5.91. The molecule has 0 aliphatic heterocycles. The molecular weight excluding hydrogens is 446 g/mol. The highest BCUT2D eigenvalue weighted by Crippen LogP contribution is 2.48. The van der Waals surface area contributed by atoms with Crippen LogP contribution < -0.4 is 5.73 Å². The third-order valence-electron chi connectivity index (χ3n) is 7.81. The van der Waals surface area contributed by atoms with Crippen molar-refractivity contribution in [1.82, 2.24) is 0 Å². The molecule has 0 amide bonds. The lowest BCUT2D eigenvalue weighted by atomic mass is 9.63. The van der Waals surface area contributed by atoms with Gasteiger partial charge in [0.15, 0.2) is 0 Å². The summed E-state index contributed by atoms with van der Waals surface area (Å²) in [6, 6.07) is 12.1. The van der Waals surface area contributed by atoms with E-state index >= 15 is 0 Å². The predicted molar refractivity (Wildman–Crippen MR) is 161 cm³/mol. The lowest BCUT2D eigenvalue weighted by Gasteiger charge is -2.42. The minimum atomic E-state index is -0.410. The molecule has 1 aliphatic rings. The summed E-state index contributed by atoms with van der Waals surface area (Å²) in [7, 11) is 0. The van der Waals surface area contributed by atoms with E-state index < -0.39 is 5.41 Å². The molecule has 0 spiro atoms. The molecule has 0 aromatic heterocycles. The molecule has 1 nitrogen and oxygen atoms in total. The average Bonchev–Trinajstić information content (AvgIpc) is 2.93. The van der Waals surface area contributed by atoms with Crippen LogP contribution in [0.15, 0.2) is 84.8 Å². The minimum absolute atomic E-state index is 0.0620. The fourth-order valence-electron chi connectivity index (χ4n) is 5.16. The van der Waals surface area contributed by atoms with Gasteiger partial charge in [0.2, 0.25) is 0 Å². The van der Waals surface area contributed by atoms with Gasteiger partial charge in [0.25, 0.3) is 0 Å². The van der Waals surface area contributed by atoms with Crippen LogP contribution in [0, 0.1) is 0 Å². The molecule has 1 aliphatic carbocycles. The summed E-state index contributed by atoms with van der Waals surface area (Å²) >= 11 is 0. The zero-order valence-corrected chi connectivity index (χ0v) is 23.0. The number of hydrogen-bond donors (Lipinski definition) is 1. The zero-order valence-electron chi connectivity index (χ0n) is 30.0. The van der Waals surface area contributed by atoms with Crippen LogP contribution in [0.3, 0.4) is 0 Å². The standard InChI is InChI=1S/C36H41N/c1-34(2,3)28-22-29(26-15-11-14-25(20-26)24-12-9-8-10-13-24)33(37)30(23-28)27-16-17-31-32(21-27)36(6,7)19-18-35(31,4)5/h8-17,20-23H,18-19,37H2,1-7H3/i11D,14D,15D,16D,17D,20D,21D. The van der Waals surface area contributed by atoms with E-state index in [2.05, 4.69) is 27.7 Å². The molecule has 2 N–H and O–H groups in total.